The SMILES string of the molecule is C=C(C)CN1CCC(NC(=NC)NCC/C=C/C)CC1.I. The van der Waals surface area contributed by atoms with Crippen molar-refractivity contribution < 1.29 is 0 Å². The van der Waals surface area contributed by atoms with Gasteiger partial charge in [-0.3, -0.25) is 9.89 Å². The quantitative estimate of drug-likeness (QED) is 0.234. The van der Waals surface area contributed by atoms with Gasteiger partial charge in [0, 0.05) is 39.3 Å². The molecule has 122 valence electrons. The number of aliphatic imine (C=N–C) groups is 1. The molecule has 0 spiro atoms. The highest BCUT2D eigenvalue weighted by molar-refractivity contribution is 14.0. The maximum absolute atomic E-state index is 4.29. The lowest BCUT2D eigenvalue weighted by Crippen LogP contribution is -2.48. The van der Waals surface area contributed by atoms with Crippen molar-refractivity contribution in [2.24, 2.45) is 4.99 Å². The lowest BCUT2D eigenvalue weighted by atomic mass is 10.0. The molecular weight excluding hydrogens is 375 g/mol. The Bertz CT molecular complexity index is 344. The van der Waals surface area contributed by atoms with E-state index >= 15 is 0 Å². The van der Waals surface area contributed by atoms with E-state index < -0.39 is 0 Å². The molecule has 1 aliphatic rings. The Kier molecular flexibility index (Phi) is 11.7. The summed E-state index contributed by atoms with van der Waals surface area (Å²) in [5, 5.41) is 6.88. The Balaban J connectivity index is 0.00000400. The minimum Gasteiger partial charge on any atom is -0.356 e. The summed E-state index contributed by atoms with van der Waals surface area (Å²) in [5.74, 6) is 0.924. The van der Waals surface area contributed by atoms with E-state index in [1.54, 1.807) is 0 Å². The molecule has 0 bridgehead atoms. The van der Waals surface area contributed by atoms with Gasteiger partial charge in [-0.25, -0.2) is 0 Å². The van der Waals surface area contributed by atoms with Crippen molar-refractivity contribution in [3.63, 3.8) is 0 Å². The van der Waals surface area contributed by atoms with E-state index in [1.165, 1.54) is 18.4 Å². The summed E-state index contributed by atoms with van der Waals surface area (Å²) in [4.78, 5) is 6.76. The molecule has 0 radical (unpaired) electrons. The molecule has 4 nitrogen and oxygen atoms in total. The maximum Gasteiger partial charge on any atom is 0.191 e. The molecule has 1 aliphatic heterocycles. The van der Waals surface area contributed by atoms with Crippen LogP contribution in [0.4, 0.5) is 0 Å². The molecule has 0 unspecified atom stereocenters. The maximum atomic E-state index is 4.29. The van der Waals surface area contributed by atoms with Crippen LogP contribution in [0.2, 0.25) is 0 Å². The summed E-state index contributed by atoms with van der Waals surface area (Å²) in [6, 6.07) is 0.532. The zero-order valence-corrected chi connectivity index (χ0v) is 16.0. The molecular formula is C16H31IN4. The summed E-state index contributed by atoms with van der Waals surface area (Å²) in [6.07, 6.45) is 7.62. The van der Waals surface area contributed by atoms with E-state index in [0.717, 1.165) is 38.6 Å². The third-order valence-electron chi connectivity index (χ3n) is 3.48. The van der Waals surface area contributed by atoms with Gasteiger partial charge >= 0.3 is 0 Å². The Morgan fingerprint density at radius 1 is 1.38 bits per heavy atom. The number of allylic oxidation sites excluding steroid dienone is 1. The van der Waals surface area contributed by atoms with Crippen LogP contribution in [0.5, 0.6) is 0 Å². The first-order valence-corrected chi connectivity index (χ1v) is 7.60. The van der Waals surface area contributed by atoms with Crippen LogP contribution in [0, 0.1) is 0 Å². The first-order chi connectivity index (χ1) is 9.65. The first-order valence-electron chi connectivity index (χ1n) is 7.60. The van der Waals surface area contributed by atoms with E-state index in [4.69, 9.17) is 0 Å². The summed E-state index contributed by atoms with van der Waals surface area (Å²) in [6.45, 7) is 12.4. The molecule has 1 saturated heterocycles. The Morgan fingerprint density at radius 2 is 2.05 bits per heavy atom. The number of rotatable bonds is 6. The topological polar surface area (TPSA) is 39.7 Å². The average Bonchev–Trinajstić information content (AvgIpc) is 2.43. The van der Waals surface area contributed by atoms with Crippen LogP contribution in [-0.4, -0.2) is 50.1 Å². The third kappa shape index (κ3) is 9.14. The number of halogens is 1. The van der Waals surface area contributed by atoms with Gasteiger partial charge in [0.1, 0.15) is 0 Å². The second kappa shape index (κ2) is 12.0. The fourth-order valence-corrected chi connectivity index (χ4v) is 2.45. The fraction of sp³-hybridized carbons (Fsp3) is 0.688. The third-order valence-corrected chi connectivity index (χ3v) is 3.48. The zero-order chi connectivity index (χ0) is 14.8. The highest BCUT2D eigenvalue weighted by Crippen LogP contribution is 2.11. The molecule has 0 saturated carbocycles. The number of guanidine groups is 1. The number of hydrogen-bond acceptors (Lipinski definition) is 2. The smallest absolute Gasteiger partial charge is 0.191 e. The van der Waals surface area contributed by atoms with Crippen molar-refractivity contribution in [3.8, 4) is 0 Å². The van der Waals surface area contributed by atoms with E-state index in [-0.39, 0.29) is 24.0 Å². The Labute approximate surface area is 147 Å². The van der Waals surface area contributed by atoms with E-state index in [9.17, 15) is 0 Å². The number of nitrogens with one attached hydrogen (secondary N) is 2. The van der Waals surface area contributed by atoms with Crippen LogP contribution in [0.25, 0.3) is 0 Å². The molecule has 21 heavy (non-hydrogen) atoms. The summed E-state index contributed by atoms with van der Waals surface area (Å²) >= 11 is 0. The summed E-state index contributed by atoms with van der Waals surface area (Å²) in [5.41, 5.74) is 1.25. The van der Waals surface area contributed by atoms with Crippen LogP contribution < -0.4 is 10.6 Å². The highest BCUT2D eigenvalue weighted by Gasteiger charge is 2.19. The van der Waals surface area contributed by atoms with Crippen LogP contribution in [0.1, 0.15) is 33.1 Å². The Morgan fingerprint density at radius 3 is 2.57 bits per heavy atom. The minimum atomic E-state index is 0. The van der Waals surface area contributed by atoms with E-state index in [2.05, 4.69) is 46.2 Å². The second-order valence-corrected chi connectivity index (χ2v) is 5.51. The molecule has 0 atom stereocenters. The number of likely N-dealkylation sites (tertiary alicyclic amines) is 1. The number of nitrogens with zero attached hydrogens (tertiary/aromatic N) is 2. The number of hydrogen-bond donors (Lipinski definition) is 2. The van der Waals surface area contributed by atoms with Crippen LogP contribution in [-0.2, 0) is 0 Å². The second-order valence-electron chi connectivity index (χ2n) is 5.51. The van der Waals surface area contributed by atoms with Gasteiger partial charge in [-0.2, -0.15) is 0 Å². The van der Waals surface area contributed by atoms with Crippen molar-refractivity contribution in [1.29, 1.82) is 0 Å². The van der Waals surface area contributed by atoms with Crippen molar-refractivity contribution in [1.82, 2.24) is 15.5 Å². The fourth-order valence-electron chi connectivity index (χ4n) is 2.45. The molecule has 1 rings (SSSR count). The summed E-state index contributed by atoms with van der Waals surface area (Å²) < 4.78 is 0. The molecule has 1 fully saturated rings. The predicted molar refractivity (Wildman–Crippen MR) is 104 cm³/mol. The molecule has 5 heteroatoms. The largest absolute Gasteiger partial charge is 0.356 e. The molecule has 2 N–H and O–H groups in total. The summed E-state index contributed by atoms with van der Waals surface area (Å²) in [7, 11) is 1.83. The zero-order valence-electron chi connectivity index (χ0n) is 13.7. The van der Waals surface area contributed by atoms with Crippen molar-refractivity contribution >= 4 is 29.9 Å². The van der Waals surface area contributed by atoms with Gasteiger partial charge in [-0.05, 0) is 33.1 Å². The monoisotopic (exact) mass is 406 g/mol. The standard InChI is InChI=1S/C16H30N4.HI/c1-5-6-7-10-18-16(17-4)19-15-8-11-20(12-9-15)13-14(2)3;/h5-6,15H,2,7-13H2,1,3-4H3,(H2,17,18,19);1H/b6-5+;. The molecule has 0 aromatic carbocycles. The lowest BCUT2D eigenvalue weighted by molar-refractivity contribution is 0.221. The van der Waals surface area contributed by atoms with Crippen molar-refractivity contribution in [2.75, 3.05) is 33.2 Å². The predicted octanol–water partition coefficient (Wildman–Crippen LogP) is 2.78. The van der Waals surface area contributed by atoms with E-state index in [1.807, 2.05) is 14.0 Å². The molecule has 0 amide bonds. The first kappa shape index (κ1) is 20.4. The van der Waals surface area contributed by atoms with Gasteiger partial charge in [-0.15, -0.1) is 24.0 Å². The minimum absolute atomic E-state index is 0. The van der Waals surface area contributed by atoms with Gasteiger partial charge in [0.05, 0.1) is 0 Å². The van der Waals surface area contributed by atoms with Gasteiger partial charge in [0.2, 0.25) is 0 Å². The van der Waals surface area contributed by atoms with Gasteiger partial charge in [0.25, 0.3) is 0 Å². The lowest BCUT2D eigenvalue weighted by Gasteiger charge is -2.33. The molecule has 0 aromatic heterocycles. The number of piperidine rings is 1. The Hall–Kier alpha value is -0.560. The van der Waals surface area contributed by atoms with Gasteiger partial charge in [-0.1, -0.05) is 24.3 Å². The van der Waals surface area contributed by atoms with Crippen LogP contribution >= 0.6 is 24.0 Å². The highest BCUT2D eigenvalue weighted by atomic mass is 127. The van der Waals surface area contributed by atoms with Crippen molar-refractivity contribution in [3.05, 3.63) is 24.3 Å². The molecule has 0 aromatic rings. The van der Waals surface area contributed by atoms with Gasteiger partial charge < -0.3 is 10.6 Å². The van der Waals surface area contributed by atoms with Gasteiger partial charge in [0.15, 0.2) is 5.96 Å². The molecule has 1 heterocycles. The van der Waals surface area contributed by atoms with Crippen LogP contribution in [0.3, 0.4) is 0 Å². The average molecular weight is 406 g/mol. The van der Waals surface area contributed by atoms with Crippen molar-refractivity contribution in [2.45, 2.75) is 39.2 Å². The van der Waals surface area contributed by atoms with Crippen LogP contribution in [0.15, 0.2) is 29.3 Å². The van der Waals surface area contributed by atoms with E-state index in [0.29, 0.717) is 6.04 Å². The molecule has 0 aliphatic carbocycles. The normalized spacial score (nSPS) is 17.6.